The second kappa shape index (κ2) is 6.53. The van der Waals surface area contributed by atoms with Gasteiger partial charge in [0.1, 0.15) is 0 Å². The molecular weight excluding hydrogens is 231 g/mol. The zero-order valence-electron chi connectivity index (χ0n) is 7.80. The predicted molar refractivity (Wildman–Crippen MR) is 52.7 cm³/mol. The quantitative estimate of drug-likeness (QED) is 0.648. The maximum Gasteiger partial charge on any atom is 0.168 e. The molecule has 1 rings (SSSR count). The summed E-state index contributed by atoms with van der Waals surface area (Å²) in [5, 5.41) is 0. The lowest BCUT2D eigenvalue weighted by molar-refractivity contribution is 0.294. The maximum absolute atomic E-state index is 12.9. The molecule has 0 bridgehead atoms. The first-order valence-corrected chi connectivity index (χ1v) is 4.12. The van der Waals surface area contributed by atoms with Crippen LogP contribution in [0.2, 0.25) is 0 Å². The number of halogens is 4. The number of hydrogen-bond acceptors (Lipinski definition) is 2. The highest BCUT2D eigenvalue weighted by molar-refractivity contribution is 5.85. The first kappa shape index (κ1) is 14.1. The highest BCUT2D eigenvalue weighted by Gasteiger charge is 2.10. The third-order valence-electron chi connectivity index (χ3n) is 1.58. The van der Waals surface area contributed by atoms with Gasteiger partial charge in [-0.3, -0.25) is 0 Å². The van der Waals surface area contributed by atoms with Crippen LogP contribution in [-0.2, 0) is 0 Å². The molecule has 0 aliphatic rings. The fourth-order valence-electron chi connectivity index (χ4n) is 0.880. The molecule has 0 spiro atoms. The summed E-state index contributed by atoms with van der Waals surface area (Å²) in [7, 11) is 0. The van der Waals surface area contributed by atoms with Crippen molar-refractivity contribution in [2.75, 3.05) is 13.2 Å². The average molecular weight is 242 g/mol. The minimum atomic E-state index is -1.23. The molecule has 0 amide bonds. The van der Waals surface area contributed by atoms with Crippen molar-refractivity contribution in [3.63, 3.8) is 0 Å². The van der Waals surface area contributed by atoms with E-state index in [-0.39, 0.29) is 24.8 Å². The molecule has 0 saturated heterocycles. The molecule has 0 fully saturated rings. The van der Waals surface area contributed by atoms with Gasteiger partial charge in [-0.1, -0.05) is 0 Å². The summed E-state index contributed by atoms with van der Waals surface area (Å²) in [5.41, 5.74) is 5.18. The minimum Gasteiger partial charge on any atom is -0.490 e. The predicted octanol–water partition coefficient (Wildman–Crippen LogP) is 2.25. The number of hydrogen-bond donors (Lipinski definition) is 1. The third kappa shape index (κ3) is 3.97. The number of ether oxygens (including phenoxy) is 1. The SMILES string of the molecule is Cl.NCCCOc1cc(F)c(F)cc1F. The van der Waals surface area contributed by atoms with E-state index in [1.165, 1.54) is 0 Å². The van der Waals surface area contributed by atoms with Crippen LogP contribution in [0.4, 0.5) is 13.2 Å². The Labute approximate surface area is 91.6 Å². The number of nitrogens with two attached hydrogens (primary N) is 1. The molecule has 0 unspecified atom stereocenters. The molecule has 1 aromatic rings. The summed E-state index contributed by atoms with van der Waals surface area (Å²) in [4.78, 5) is 0. The van der Waals surface area contributed by atoms with E-state index in [9.17, 15) is 13.2 Å². The van der Waals surface area contributed by atoms with Crippen LogP contribution in [0.25, 0.3) is 0 Å². The molecule has 1 aromatic carbocycles. The van der Waals surface area contributed by atoms with Crippen LogP contribution >= 0.6 is 12.4 Å². The number of rotatable bonds is 4. The standard InChI is InChI=1S/C9H10F3NO.ClH/c10-6-4-8(12)9(5-7(6)11)14-3-1-2-13;/h4-5H,1-3,13H2;1H. The van der Waals surface area contributed by atoms with Crippen molar-refractivity contribution >= 4 is 12.4 Å². The average Bonchev–Trinajstić information content (AvgIpc) is 2.14. The Bertz CT molecular complexity index is 322. The maximum atomic E-state index is 12.9. The van der Waals surface area contributed by atoms with Gasteiger partial charge in [-0.25, -0.2) is 13.2 Å². The van der Waals surface area contributed by atoms with Crippen molar-refractivity contribution in [3.05, 3.63) is 29.6 Å². The van der Waals surface area contributed by atoms with Crippen LogP contribution in [-0.4, -0.2) is 13.2 Å². The van der Waals surface area contributed by atoms with E-state index >= 15 is 0 Å². The first-order valence-electron chi connectivity index (χ1n) is 4.12. The molecule has 2 nitrogen and oxygen atoms in total. The Morgan fingerprint density at radius 1 is 1.07 bits per heavy atom. The molecule has 86 valence electrons. The Hall–Kier alpha value is -0.940. The van der Waals surface area contributed by atoms with Crippen molar-refractivity contribution in [1.29, 1.82) is 0 Å². The van der Waals surface area contributed by atoms with Crippen molar-refractivity contribution in [1.82, 2.24) is 0 Å². The molecule has 15 heavy (non-hydrogen) atoms. The minimum absolute atomic E-state index is 0. The molecule has 6 heteroatoms. The molecule has 0 aliphatic carbocycles. The summed E-state index contributed by atoms with van der Waals surface area (Å²) >= 11 is 0. The van der Waals surface area contributed by atoms with Crippen LogP contribution in [0.1, 0.15) is 6.42 Å². The lowest BCUT2D eigenvalue weighted by atomic mass is 10.3. The van der Waals surface area contributed by atoms with Crippen LogP contribution < -0.4 is 10.5 Å². The van der Waals surface area contributed by atoms with Gasteiger partial charge < -0.3 is 10.5 Å². The van der Waals surface area contributed by atoms with E-state index in [4.69, 9.17) is 10.5 Å². The smallest absolute Gasteiger partial charge is 0.168 e. The van der Waals surface area contributed by atoms with Crippen molar-refractivity contribution < 1.29 is 17.9 Å². The van der Waals surface area contributed by atoms with Crippen molar-refractivity contribution in [2.45, 2.75) is 6.42 Å². The Balaban J connectivity index is 0.00000196. The molecule has 2 N–H and O–H groups in total. The topological polar surface area (TPSA) is 35.2 Å². The van der Waals surface area contributed by atoms with Crippen LogP contribution in [0.15, 0.2) is 12.1 Å². The van der Waals surface area contributed by atoms with Gasteiger partial charge in [-0.2, -0.15) is 0 Å². The largest absolute Gasteiger partial charge is 0.490 e. The summed E-state index contributed by atoms with van der Waals surface area (Å²) in [5.74, 6) is -3.57. The highest BCUT2D eigenvalue weighted by atomic mass is 35.5. The van der Waals surface area contributed by atoms with Gasteiger partial charge >= 0.3 is 0 Å². The first-order chi connectivity index (χ1) is 6.65. The zero-order valence-corrected chi connectivity index (χ0v) is 8.62. The molecule has 0 atom stereocenters. The van der Waals surface area contributed by atoms with Gasteiger partial charge in [0.25, 0.3) is 0 Å². The zero-order chi connectivity index (χ0) is 10.6. The van der Waals surface area contributed by atoms with Gasteiger partial charge in [0, 0.05) is 12.1 Å². The summed E-state index contributed by atoms with van der Waals surface area (Å²) < 4.78 is 42.8. The molecule has 0 aromatic heterocycles. The van der Waals surface area contributed by atoms with Crippen LogP contribution in [0.3, 0.4) is 0 Å². The number of benzene rings is 1. The Morgan fingerprint density at radius 2 is 1.67 bits per heavy atom. The third-order valence-corrected chi connectivity index (χ3v) is 1.58. The fourth-order valence-corrected chi connectivity index (χ4v) is 0.880. The monoisotopic (exact) mass is 241 g/mol. The molecule has 0 heterocycles. The summed E-state index contributed by atoms with van der Waals surface area (Å²) in [6, 6.07) is 1.13. The van der Waals surface area contributed by atoms with Gasteiger partial charge in [-0.05, 0) is 13.0 Å². The second-order valence-electron chi connectivity index (χ2n) is 2.69. The highest BCUT2D eigenvalue weighted by Crippen LogP contribution is 2.20. The van der Waals surface area contributed by atoms with E-state index in [1.807, 2.05) is 0 Å². The second-order valence-corrected chi connectivity index (χ2v) is 2.69. The lowest BCUT2D eigenvalue weighted by Gasteiger charge is -2.06. The molecule has 0 radical (unpaired) electrons. The van der Waals surface area contributed by atoms with Gasteiger partial charge in [-0.15, -0.1) is 12.4 Å². The van der Waals surface area contributed by atoms with Crippen LogP contribution in [0.5, 0.6) is 5.75 Å². The van der Waals surface area contributed by atoms with E-state index in [0.717, 1.165) is 0 Å². The Kier molecular flexibility index (Phi) is 6.12. The van der Waals surface area contributed by atoms with Crippen molar-refractivity contribution in [2.24, 2.45) is 5.73 Å². The van der Waals surface area contributed by atoms with Crippen molar-refractivity contribution in [3.8, 4) is 5.75 Å². The van der Waals surface area contributed by atoms with Gasteiger partial charge in [0.15, 0.2) is 23.2 Å². The fraction of sp³-hybridized carbons (Fsp3) is 0.333. The normalized spacial score (nSPS) is 9.60. The van der Waals surface area contributed by atoms with Gasteiger partial charge in [0.2, 0.25) is 0 Å². The molecule has 0 saturated carbocycles. The van der Waals surface area contributed by atoms with E-state index in [1.54, 1.807) is 0 Å². The molecule has 0 aliphatic heterocycles. The Morgan fingerprint density at radius 3 is 2.27 bits per heavy atom. The summed E-state index contributed by atoms with van der Waals surface area (Å²) in [6.45, 7) is 0.573. The van der Waals surface area contributed by atoms with Crippen LogP contribution in [0, 0.1) is 17.5 Å². The van der Waals surface area contributed by atoms with E-state index < -0.39 is 17.5 Å². The molecular formula is C9H11ClF3NO. The summed E-state index contributed by atoms with van der Waals surface area (Å²) in [6.07, 6.45) is 0.526. The van der Waals surface area contributed by atoms with E-state index in [2.05, 4.69) is 0 Å². The van der Waals surface area contributed by atoms with E-state index in [0.29, 0.717) is 25.1 Å². The van der Waals surface area contributed by atoms with Gasteiger partial charge in [0.05, 0.1) is 6.61 Å². The lowest BCUT2D eigenvalue weighted by Crippen LogP contribution is -2.07.